The van der Waals surface area contributed by atoms with E-state index in [0.717, 1.165) is 5.41 Å². The second-order valence-electron chi connectivity index (χ2n) is 5.84. The number of ether oxygens (including phenoxy) is 1. The van der Waals surface area contributed by atoms with Crippen molar-refractivity contribution >= 4 is 33.0 Å². The van der Waals surface area contributed by atoms with Crippen molar-refractivity contribution in [2.24, 2.45) is 0 Å². The largest absolute Gasteiger partial charge is 0.494 e. The molecule has 7 heteroatoms. The van der Waals surface area contributed by atoms with Crippen LogP contribution in [-0.2, 0) is 9.84 Å². The molecule has 5 nitrogen and oxygen atoms in total. The average molecular weight is 392 g/mol. The van der Waals surface area contributed by atoms with Crippen molar-refractivity contribution in [1.82, 2.24) is 0 Å². The minimum Gasteiger partial charge on any atom is -0.494 e. The van der Waals surface area contributed by atoms with Gasteiger partial charge in [-0.05, 0) is 55.5 Å². The Balaban J connectivity index is 1.99. The number of sulfone groups is 1. The fourth-order valence-electron chi connectivity index (χ4n) is 2.81. The average Bonchev–Trinajstić information content (AvgIpc) is 2.96. The quantitative estimate of drug-likeness (QED) is 0.779. The zero-order valence-electron chi connectivity index (χ0n) is 14.1. The zero-order valence-corrected chi connectivity index (χ0v) is 15.7. The molecule has 2 aromatic rings. The van der Waals surface area contributed by atoms with Crippen molar-refractivity contribution in [3.05, 3.63) is 70.6 Å². The molecule has 1 heterocycles. The molecular formula is C19H18ClNO4S. The van der Waals surface area contributed by atoms with Crippen LogP contribution in [0.3, 0.4) is 0 Å². The summed E-state index contributed by atoms with van der Waals surface area (Å²) in [5, 5.41) is 1.60. The summed E-state index contributed by atoms with van der Waals surface area (Å²) in [5.74, 6) is 0.219. The third-order valence-electron chi connectivity index (χ3n) is 3.96. The van der Waals surface area contributed by atoms with Gasteiger partial charge in [-0.2, -0.15) is 0 Å². The Morgan fingerprint density at radius 3 is 2.54 bits per heavy atom. The first kappa shape index (κ1) is 18.5. The number of hydrogen-bond donors (Lipinski definition) is 0. The molecule has 2 aromatic carbocycles. The number of amides is 1. The zero-order chi connectivity index (χ0) is 18.7. The number of benzene rings is 2. The smallest absolute Gasteiger partial charge is 0.258 e. The predicted molar refractivity (Wildman–Crippen MR) is 103 cm³/mol. The normalized spacial score (nSPS) is 17.8. The highest BCUT2D eigenvalue weighted by Gasteiger charge is 2.32. The molecule has 136 valence electrons. The first-order chi connectivity index (χ1) is 12.4. The fourth-order valence-corrected chi connectivity index (χ4v) is 4.27. The lowest BCUT2D eigenvalue weighted by Gasteiger charge is -2.28. The molecule has 0 radical (unpaired) electrons. The van der Waals surface area contributed by atoms with Crippen LogP contribution >= 0.6 is 11.6 Å². The predicted octanol–water partition coefficient (Wildman–Crippen LogP) is 3.70. The first-order valence-electron chi connectivity index (χ1n) is 8.12. The minimum atomic E-state index is -3.31. The van der Waals surface area contributed by atoms with Gasteiger partial charge >= 0.3 is 0 Å². The Labute approximate surface area is 157 Å². The van der Waals surface area contributed by atoms with E-state index in [2.05, 4.69) is 0 Å². The molecule has 1 aliphatic rings. The van der Waals surface area contributed by atoms with E-state index in [0.29, 0.717) is 28.6 Å². The lowest BCUT2D eigenvalue weighted by atomic mass is 10.1. The fraction of sp³-hybridized carbons (Fsp3) is 0.211. The molecule has 1 amide bonds. The van der Waals surface area contributed by atoms with Gasteiger partial charge in [0.15, 0.2) is 9.84 Å². The van der Waals surface area contributed by atoms with Crippen molar-refractivity contribution < 1.29 is 17.9 Å². The summed E-state index contributed by atoms with van der Waals surface area (Å²) < 4.78 is 29.2. The molecule has 1 atom stereocenters. The Bertz CT molecular complexity index is 938. The van der Waals surface area contributed by atoms with Crippen molar-refractivity contribution in [3.8, 4) is 5.75 Å². The van der Waals surface area contributed by atoms with Crippen molar-refractivity contribution in [1.29, 1.82) is 0 Å². The van der Waals surface area contributed by atoms with Crippen LogP contribution in [0.25, 0.3) is 0 Å². The van der Waals surface area contributed by atoms with Crippen LogP contribution in [-0.4, -0.2) is 32.7 Å². The van der Waals surface area contributed by atoms with Crippen LogP contribution in [0, 0.1) is 0 Å². The summed E-state index contributed by atoms with van der Waals surface area (Å²) in [6.45, 7) is 2.42. The third-order valence-corrected chi connectivity index (χ3v) is 5.57. The summed E-state index contributed by atoms with van der Waals surface area (Å²) in [6, 6.07) is 13.0. The highest BCUT2D eigenvalue weighted by Crippen LogP contribution is 2.27. The monoisotopic (exact) mass is 391 g/mol. The van der Waals surface area contributed by atoms with Crippen LogP contribution < -0.4 is 9.64 Å². The topological polar surface area (TPSA) is 63.7 Å². The molecule has 1 unspecified atom stereocenters. The maximum absolute atomic E-state index is 13.1. The molecule has 0 fully saturated rings. The van der Waals surface area contributed by atoms with Crippen molar-refractivity contribution in [2.75, 3.05) is 17.3 Å². The standard InChI is InChI=1S/C19H18ClNO4S/c1-2-25-18-8-6-16(7-9-18)21(17-10-11-26(23,24)13-17)19(22)14-4-3-5-15(20)12-14/h3-12,17H,2,13H2,1H3. The number of halogens is 1. The molecular weight excluding hydrogens is 374 g/mol. The van der Waals surface area contributed by atoms with E-state index in [4.69, 9.17) is 16.3 Å². The van der Waals surface area contributed by atoms with Gasteiger partial charge in [-0.1, -0.05) is 17.7 Å². The van der Waals surface area contributed by atoms with Gasteiger partial charge in [0.05, 0.1) is 18.4 Å². The SMILES string of the molecule is CCOc1ccc(N(C(=O)c2cccc(Cl)c2)C2C=CS(=O)(=O)C2)cc1. The second kappa shape index (κ2) is 7.51. The van der Waals surface area contributed by atoms with E-state index in [1.807, 2.05) is 6.92 Å². The molecule has 26 heavy (non-hydrogen) atoms. The molecule has 0 spiro atoms. The second-order valence-corrected chi connectivity index (χ2v) is 8.21. The molecule has 3 rings (SSSR count). The van der Waals surface area contributed by atoms with Crippen LogP contribution in [0.1, 0.15) is 17.3 Å². The van der Waals surface area contributed by atoms with Gasteiger partial charge in [0.1, 0.15) is 5.75 Å². The van der Waals surface area contributed by atoms with E-state index < -0.39 is 15.9 Å². The molecule has 0 saturated carbocycles. The summed E-state index contributed by atoms with van der Waals surface area (Å²) in [4.78, 5) is 14.6. The summed E-state index contributed by atoms with van der Waals surface area (Å²) in [7, 11) is -3.31. The van der Waals surface area contributed by atoms with Crippen LogP contribution in [0.2, 0.25) is 5.02 Å². The lowest BCUT2D eigenvalue weighted by molar-refractivity contribution is 0.0983. The van der Waals surface area contributed by atoms with Crippen LogP contribution in [0.4, 0.5) is 5.69 Å². The third kappa shape index (κ3) is 4.08. The number of carbonyl (C=O) groups is 1. The van der Waals surface area contributed by atoms with Gasteiger partial charge in [-0.3, -0.25) is 4.79 Å². The van der Waals surface area contributed by atoms with Gasteiger partial charge in [0, 0.05) is 21.7 Å². The minimum absolute atomic E-state index is 0.146. The van der Waals surface area contributed by atoms with E-state index in [-0.39, 0.29) is 11.7 Å². The molecule has 0 aromatic heterocycles. The maximum atomic E-state index is 13.1. The van der Waals surface area contributed by atoms with Gasteiger partial charge < -0.3 is 9.64 Å². The molecule has 0 N–H and O–H groups in total. The van der Waals surface area contributed by atoms with Crippen molar-refractivity contribution in [3.63, 3.8) is 0 Å². The summed E-state index contributed by atoms with van der Waals surface area (Å²) >= 11 is 6.00. The number of anilines is 1. The highest BCUT2D eigenvalue weighted by molar-refractivity contribution is 7.94. The van der Waals surface area contributed by atoms with E-state index in [1.54, 1.807) is 48.5 Å². The summed E-state index contributed by atoms with van der Waals surface area (Å²) in [5.41, 5.74) is 0.981. The molecule has 0 bridgehead atoms. The van der Waals surface area contributed by atoms with E-state index >= 15 is 0 Å². The van der Waals surface area contributed by atoms with Gasteiger partial charge in [0.25, 0.3) is 5.91 Å². The molecule has 1 aliphatic heterocycles. The van der Waals surface area contributed by atoms with Gasteiger partial charge in [-0.15, -0.1) is 0 Å². The highest BCUT2D eigenvalue weighted by atomic mass is 35.5. The maximum Gasteiger partial charge on any atom is 0.258 e. The van der Waals surface area contributed by atoms with Gasteiger partial charge in [0.2, 0.25) is 0 Å². The number of hydrogen-bond acceptors (Lipinski definition) is 4. The van der Waals surface area contributed by atoms with Crippen LogP contribution in [0.15, 0.2) is 60.0 Å². The Morgan fingerprint density at radius 2 is 1.96 bits per heavy atom. The molecule has 0 aliphatic carbocycles. The Kier molecular flexibility index (Phi) is 5.34. The van der Waals surface area contributed by atoms with Gasteiger partial charge in [-0.25, -0.2) is 8.42 Å². The number of nitrogens with zero attached hydrogens (tertiary/aromatic N) is 1. The van der Waals surface area contributed by atoms with Crippen molar-refractivity contribution in [2.45, 2.75) is 13.0 Å². The Hall–Kier alpha value is -2.31. The molecule has 0 saturated heterocycles. The summed E-state index contributed by atoms with van der Waals surface area (Å²) in [6.07, 6.45) is 1.54. The number of carbonyl (C=O) groups excluding carboxylic acids is 1. The number of rotatable bonds is 5. The first-order valence-corrected chi connectivity index (χ1v) is 10.2. The van der Waals surface area contributed by atoms with E-state index in [1.165, 1.54) is 11.0 Å². The van der Waals surface area contributed by atoms with Crippen LogP contribution in [0.5, 0.6) is 5.75 Å². The Morgan fingerprint density at radius 1 is 1.23 bits per heavy atom. The lowest BCUT2D eigenvalue weighted by Crippen LogP contribution is -2.41. The van der Waals surface area contributed by atoms with E-state index in [9.17, 15) is 13.2 Å².